The number of carbonyl (C=O) groups is 1. The highest BCUT2D eigenvalue weighted by Gasteiger charge is 2.28. The number of carbonyl (C=O) groups excluding carboxylic acids is 1. The van der Waals surface area contributed by atoms with E-state index in [9.17, 15) is 13.2 Å². The highest BCUT2D eigenvalue weighted by Crippen LogP contribution is 2.35. The summed E-state index contributed by atoms with van der Waals surface area (Å²) in [6.07, 6.45) is 6.99. The van der Waals surface area contributed by atoms with Gasteiger partial charge in [0.1, 0.15) is 0 Å². The molecule has 8 nitrogen and oxygen atoms in total. The van der Waals surface area contributed by atoms with Crippen LogP contribution in [0.4, 0.5) is 0 Å². The number of hydrogen-bond acceptors (Lipinski definition) is 5. The standard InChI is InChI=1S/C18H21N5O3S2/c24-17(19-11-16-20-21-18(27)23(16)14-6-7-14)10-3-12-1-8-15(9-2-12)28(25,26)22-13-4-5-13/h1-3,8-10,13-14,22H,4-7,11H2,(H,19,24)(H,21,27)/b10-3+. The lowest BCUT2D eigenvalue weighted by molar-refractivity contribution is -0.116. The zero-order valence-electron chi connectivity index (χ0n) is 15.1. The first kappa shape index (κ1) is 19.0. The van der Waals surface area contributed by atoms with Crippen LogP contribution in [0.25, 0.3) is 6.08 Å². The Hall–Kier alpha value is -2.30. The van der Waals surface area contributed by atoms with Gasteiger partial charge in [0.2, 0.25) is 15.9 Å². The van der Waals surface area contributed by atoms with Crippen LogP contribution < -0.4 is 10.0 Å². The molecule has 4 rings (SSSR count). The highest BCUT2D eigenvalue weighted by atomic mass is 32.2. The van der Waals surface area contributed by atoms with Crippen LogP contribution >= 0.6 is 12.2 Å². The van der Waals surface area contributed by atoms with Gasteiger partial charge in [-0.05, 0) is 61.7 Å². The zero-order valence-corrected chi connectivity index (χ0v) is 16.7. The lowest BCUT2D eigenvalue weighted by atomic mass is 10.2. The molecule has 3 N–H and O–H groups in total. The average Bonchev–Trinajstić information content (AvgIpc) is 3.60. The number of aromatic amines is 1. The summed E-state index contributed by atoms with van der Waals surface area (Å²) in [5.41, 5.74) is 0.737. The number of rotatable bonds is 8. The molecule has 0 aliphatic heterocycles. The number of nitrogens with zero attached hydrogens (tertiary/aromatic N) is 2. The second-order valence-electron chi connectivity index (χ2n) is 7.06. The summed E-state index contributed by atoms with van der Waals surface area (Å²) >= 11 is 5.22. The van der Waals surface area contributed by atoms with Gasteiger partial charge in [-0.15, -0.1) is 0 Å². The molecule has 28 heavy (non-hydrogen) atoms. The molecular formula is C18H21N5O3S2. The van der Waals surface area contributed by atoms with E-state index in [-0.39, 0.29) is 23.4 Å². The Balaban J connectivity index is 1.33. The average molecular weight is 420 g/mol. The van der Waals surface area contributed by atoms with Gasteiger partial charge in [-0.1, -0.05) is 12.1 Å². The molecule has 1 amide bonds. The van der Waals surface area contributed by atoms with Gasteiger partial charge in [-0.2, -0.15) is 5.10 Å². The Kier molecular flexibility index (Phi) is 5.17. The van der Waals surface area contributed by atoms with E-state index in [2.05, 4.69) is 20.2 Å². The Morgan fingerprint density at radius 2 is 1.96 bits per heavy atom. The third-order valence-corrected chi connectivity index (χ3v) is 6.45. The lowest BCUT2D eigenvalue weighted by Gasteiger charge is -2.06. The van der Waals surface area contributed by atoms with E-state index in [4.69, 9.17) is 12.2 Å². The quantitative estimate of drug-likeness (QED) is 0.448. The molecule has 1 aromatic heterocycles. The van der Waals surface area contributed by atoms with Crippen LogP contribution in [-0.2, 0) is 21.4 Å². The van der Waals surface area contributed by atoms with Crippen LogP contribution in [0.3, 0.4) is 0 Å². The Labute approximate surface area is 168 Å². The fraction of sp³-hybridized carbons (Fsp3) is 0.389. The summed E-state index contributed by atoms with van der Waals surface area (Å²) in [6.45, 7) is 0.289. The van der Waals surface area contributed by atoms with Crippen molar-refractivity contribution in [2.45, 2.75) is 49.2 Å². The summed E-state index contributed by atoms with van der Waals surface area (Å²) in [5, 5.41) is 9.72. The van der Waals surface area contributed by atoms with Crippen molar-refractivity contribution in [1.82, 2.24) is 24.8 Å². The van der Waals surface area contributed by atoms with Crippen molar-refractivity contribution < 1.29 is 13.2 Å². The van der Waals surface area contributed by atoms with Gasteiger partial charge in [-0.3, -0.25) is 14.5 Å². The number of hydrogen-bond donors (Lipinski definition) is 3. The molecule has 2 saturated carbocycles. The van der Waals surface area contributed by atoms with E-state index >= 15 is 0 Å². The fourth-order valence-corrected chi connectivity index (χ4v) is 4.42. The summed E-state index contributed by atoms with van der Waals surface area (Å²) in [7, 11) is -3.46. The maximum Gasteiger partial charge on any atom is 0.244 e. The van der Waals surface area contributed by atoms with Gasteiger partial charge in [-0.25, -0.2) is 13.1 Å². The minimum Gasteiger partial charge on any atom is -0.345 e. The molecule has 2 aliphatic rings. The summed E-state index contributed by atoms with van der Waals surface area (Å²) in [4.78, 5) is 12.3. The Morgan fingerprint density at radius 1 is 1.25 bits per heavy atom. The lowest BCUT2D eigenvalue weighted by Crippen LogP contribution is -2.25. The molecule has 1 heterocycles. The van der Waals surface area contributed by atoms with E-state index in [1.165, 1.54) is 18.2 Å². The third kappa shape index (κ3) is 4.57. The molecule has 0 saturated heterocycles. The van der Waals surface area contributed by atoms with Crippen molar-refractivity contribution in [2.75, 3.05) is 0 Å². The Bertz CT molecular complexity index is 1060. The first-order chi connectivity index (χ1) is 13.4. The molecule has 0 atom stereocenters. The summed E-state index contributed by atoms with van der Waals surface area (Å²) < 4.78 is 29.5. The highest BCUT2D eigenvalue weighted by molar-refractivity contribution is 7.89. The van der Waals surface area contributed by atoms with Crippen molar-refractivity contribution >= 4 is 34.2 Å². The molecular weight excluding hydrogens is 398 g/mol. The molecule has 0 spiro atoms. The fourth-order valence-electron chi connectivity index (χ4n) is 2.82. The second kappa shape index (κ2) is 7.61. The van der Waals surface area contributed by atoms with Gasteiger partial charge in [0.05, 0.1) is 11.4 Å². The normalized spacial score (nSPS) is 17.1. The number of H-pyrrole nitrogens is 1. The molecule has 2 aromatic rings. The van der Waals surface area contributed by atoms with E-state index in [0.29, 0.717) is 16.6 Å². The smallest absolute Gasteiger partial charge is 0.244 e. The Morgan fingerprint density at radius 3 is 2.61 bits per heavy atom. The number of benzene rings is 1. The van der Waals surface area contributed by atoms with E-state index in [1.807, 2.05) is 4.57 Å². The first-order valence-electron chi connectivity index (χ1n) is 9.16. The van der Waals surface area contributed by atoms with E-state index in [0.717, 1.165) is 31.2 Å². The van der Waals surface area contributed by atoms with E-state index < -0.39 is 10.0 Å². The number of aromatic nitrogens is 3. The van der Waals surface area contributed by atoms with Gasteiger partial charge >= 0.3 is 0 Å². The first-order valence-corrected chi connectivity index (χ1v) is 11.1. The van der Waals surface area contributed by atoms with Crippen LogP contribution in [0.1, 0.15) is 43.1 Å². The maximum absolute atomic E-state index is 12.2. The van der Waals surface area contributed by atoms with Crippen LogP contribution in [0.5, 0.6) is 0 Å². The van der Waals surface area contributed by atoms with E-state index in [1.54, 1.807) is 18.2 Å². The van der Waals surface area contributed by atoms with Gasteiger partial charge < -0.3 is 5.32 Å². The predicted octanol–water partition coefficient (Wildman–Crippen LogP) is 2.05. The maximum atomic E-state index is 12.2. The van der Waals surface area contributed by atoms with Crippen molar-refractivity contribution in [2.24, 2.45) is 0 Å². The van der Waals surface area contributed by atoms with Crippen molar-refractivity contribution in [3.05, 3.63) is 46.5 Å². The summed E-state index contributed by atoms with van der Waals surface area (Å²) in [6, 6.07) is 6.87. The largest absolute Gasteiger partial charge is 0.345 e. The summed E-state index contributed by atoms with van der Waals surface area (Å²) in [5.74, 6) is 0.454. The SMILES string of the molecule is O=C(/C=C/c1ccc(S(=O)(=O)NC2CC2)cc1)NCc1n[nH]c(=S)n1C1CC1. The molecule has 0 unspecified atom stereocenters. The molecule has 0 bridgehead atoms. The molecule has 2 aliphatic carbocycles. The van der Waals surface area contributed by atoms with Crippen LogP contribution in [-0.4, -0.2) is 35.1 Å². The van der Waals surface area contributed by atoms with Crippen molar-refractivity contribution in [1.29, 1.82) is 0 Å². The molecule has 148 valence electrons. The van der Waals surface area contributed by atoms with Gasteiger partial charge in [0.15, 0.2) is 10.6 Å². The second-order valence-corrected chi connectivity index (χ2v) is 9.16. The number of sulfonamides is 1. The van der Waals surface area contributed by atoms with Crippen LogP contribution in [0.15, 0.2) is 35.2 Å². The topological polar surface area (TPSA) is 109 Å². The van der Waals surface area contributed by atoms with Crippen LogP contribution in [0.2, 0.25) is 0 Å². The molecule has 2 fully saturated rings. The molecule has 1 aromatic carbocycles. The monoisotopic (exact) mass is 419 g/mol. The predicted molar refractivity (Wildman–Crippen MR) is 106 cm³/mol. The van der Waals surface area contributed by atoms with Crippen LogP contribution in [0, 0.1) is 4.77 Å². The minimum absolute atomic E-state index is 0.0677. The third-order valence-electron chi connectivity index (χ3n) is 4.63. The molecule has 10 heteroatoms. The number of nitrogens with one attached hydrogen (secondary N) is 3. The molecule has 0 radical (unpaired) electrons. The zero-order chi connectivity index (χ0) is 19.7. The van der Waals surface area contributed by atoms with Crippen molar-refractivity contribution in [3.63, 3.8) is 0 Å². The van der Waals surface area contributed by atoms with Gasteiger partial charge in [0.25, 0.3) is 0 Å². The van der Waals surface area contributed by atoms with Gasteiger partial charge in [0, 0.05) is 18.2 Å². The van der Waals surface area contributed by atoms with Crippen molar-refractivity contribution in [3.8, 4) is 0 Å². The minimum atomic E-state index is -3.46. The number of amides is 1.